The Bertz CT molecular complexity index is 727. The predicted octanol–water partition coefficient (Wildman–Crippen LogP) is 4.83. The number of aromatic nitrogens is 1. The molecule has 0 spiro atoms. The predicted molar refractivity (Wildman–Crippen MR) is 119 cm³/mol. The average molecular weight is 458 g/mol. The molecule has 1 N–H and O–H groups in total. The molecule has 182 valence electrons. The number of halogens is 3. The summed E-state index contributed by atoms with van der Waals surface area (Å²) in [5.41, 5.74) is 0.401. The Balaban J connectivity index is 0.00000114. The Morgan fingerprint density at radius 3 is 2.75 bits per heavy atom. The normalized spacial score (nSPS) is 21.9. The highest BCUT2D eigenvalue weighted by Gasteiger charge is 2.33. The lowest BCUT2D eigenvalue weighted by Gasteiger charge is -2.31. The van der Waals surface area contributed by atoms with Crippen molar-refractivity contribution in [3.8, 4) is 0 Å². The molecule has 2 aliphatic rings. The van der Waals surface area contributed by atoms with Gasteiger partial charge in [-0.2, -0.15) is 13.2 Å². The van der Waals surface area contributed by atoms with Crippen LogP contribution in [0.15, 0.2) is 12.3 Å². The molecule has 3 heterocycles. The van der Waals surface area contributed by atoms with Crippen molar-refractivity contribution in [3.63, 3.8) is 0 Å². The van der Waals surface area contributed by atoms with Gasteiger partial charge in [0.25, 0.3) is 0 Å². The van der Waals surface area contributed by atoms with Gasteiger partial charge in [-0.3, -0.25) is 9.78 Å². The number of fused-ring (bicyclic) bond motifs is 1. The number of carbonyl (C=O) groups is 1. The Kier molecular flexibility index (Phi) is 10.4. The highest BCUT2D eigenvalue weighted by atomic mass is 19.4. The highest BCUT2D eigenvalue weighted by molar-refractivity contribution is 5.78. The van der Waals surface area contributed by atoms with E-state index >= 15 is 0 Å². The van der Waals surface area contributed by atoms with E-state index in [2.05, 4.69) is 31.1 Å². The van der Waals surface area contributed by atoms with Crippen molar-refractivity contribution in [1.82, 2.24) is 15.2 Å². The third-order valence-corrected chi connectivity index (χ3v) is 5.96. The first-order valence-electron chi connectivity index (χ1n) is 11.8. The molecule has 5 nitrogen and oxygen atoms in total. The monoisotopic (exact) mass is 457 g/mol. The number of nitrogens with one attached hydrogen (secondary N) is 1. The van der Waals surface area contributed by atoms with E-state index in [4.69, 9.17) is 4.74 Å². The summed E-state index contributed by atoms with van der Waals surface area (Å²) in [5.74, 6) is 0.350. The summed E-state index contributed by atoms with van der Waals surface area (Å²) in [6, 6.07) is 1.59. The van der Waals surface area contributed by atoms with Gasteiger partial charge < -0.3 is 15.0 Å². The molecule has 1 aromatic rings. The molecule has 3 rings (SSSR count). The van der Waals surface area contributed by atoms with Crippen LogP contribution in [0.25, 0.3) is 0 Å². The van der Waals surface area contributed by atoms with Crippen LogP contribution >= 0.6 is 0 Å². The minimum atomic E-state index is -4.42. The molecule has 0 radical (unpaired) electrons. The van der Waals surface area contributed by atoms with Crippen LogP contribution in [-0.4, -0.2) is 48.1 Å². The number of hydrogen-bond acceptors (Lipinski definition) is 4. The van der Waals surface area contributed by atoms with Gasteiger partial charge >= 0.3 is 6.18 Å². The standard InChI is InChI=1S/C21H30F3N3O2.C3H8/c1-14(4-3-7-25-18-6-9-29-13-15(18)2)20(28)27-8-5-19-16(12-27)10-17(11-26-19)21(22,23)24;1-3-2/h10-11,14-15,18,25H,3-9,12-13H2,1-2H3;3H2,1-2H3/t14-,15+,18+;/m1./s1. The first kappa shape index (κ1) is 26.6. The van der Waals surface area contributed by atoms with Crippen molar-refractivity contribution in [3.05, 3.63) is 29.1 Å². The van der Waals surface area contributed by atoms with Crippen LogP contribution in [0, 0.1) is 11.8 Å². The van der Waals surface area contributed by atoms with Gasteiger partial charge in [-0.15, -0.1) is 0 Å². The third-order valence-electron chi connectivity index (χ3n) is 5.96. The van der Waals surface area contributed by atoms with E-state index in [0.717, 1.165) is 51.3 Å². The lowest BCUT2D eigenvalue weighted by molar-refractivity contribution is -0.137. The van der Waals surface area contributed by atoms with Crippen LogP contribution in [0.3, 0.4) is 0 Å². The summed E-state index contributed by atoms with van der Waals surface area (Å²) >= 11 is 0. The smallest absolute Gasteiger partial charge is 0.381 e. The summed E-state index contributed by atoms with van der Waals surface area (Å²) in [6.45, 7) is 11.5. The van der Waals surface area contributed by atoms with Crippen LogP contribution in [0.4, 0.5) is 13.2 Å². The number of amides is 1. The second kappa shape index (κ2) is 12.5. The van der Waals surface area contributed by atoms with Crippen LogP contribution < -0.4 is 5.32 Å². The maximum absolute atomic E-state index is 12.9. The zero-order valence-corrected chi connectivity index (χ0v) is 19.8. The van der Waals surface area contributed by atoms with Crippen molar-refractivity contribution in [1.29, 1.82) is 0 Å². The molecule has 2 aliphatic heterocycles. The lowest BCUT2D eigenvalue weighted by atomic mass is 9.97. The molecule has 3 atom stereocenters. The van der Waals surface area contributed by atoms with Crippen molar-refractivity contribution in [2.75, 3.05) is 26.3 Å². The summed E-state index contributed by atoms with van der Waals surface area (Å²) in [4.78, 5) is 18.4. The molecular weight excluding hydrogens is 419 g/mol. The molecule has 0 bridgehead atoms. The van der Waals surface area contributed by atoms with E-state index in [9.17, 15) is 18.0 Å². The first-order chi connectivity index (χ1) is 15.2. The average Bonchev–Trinajstić information content (AvgIpc) is 2.76. The van der Waals surface area contributed by atoms with Gasteiger partial charge in [0.15, 0.2) is 0 Å². The second-order valence-electron chi connectivity index (χ2n) is 8.99. The van der Waals surface area contributed by atoms with Crippen molar-refractivity contribution < 1.29 is 22.7 Å². The van der Waals surface area contributed by atoms with Gasteiger partial charge in [-0.25, -0.2) is 0 Å². The molecule has 1 saturated heterocycles. The largest absolute Gasteiger partial charge is 0.417 e. The third kappa shape index (κ3) is 7.73. The molecule has 0 aliphatic carbocycles. The van der Waals surface area contributed by atoms with Crippen LogP contribution in [-0.2, 0) is 28.7 Å². The fourth-order valence-electron chi connectivity index (χ4n) is 4.08. The van der Waals surface area contributed by atoms with Gasteiger partial charge in [0.2, 0.25) is 5.91 Å². The molecule has 8 heteroatoms. The molecule has 32 heavy (non-hydrogen) atoms. The van der Waals surface area contributed by atoms with E-state index in [-0.39, 0.29) is 18.4 Å². The Labute approximate surface area is 190 Å². The van der Waals surface area contributed by atoms with Gasteiger partial charge in [0.1, 0.15) is 0 Å². The molecule has 1 aromatic heterocycles. The van der Waals surface area contributed by atoms with E-state index in [1.165, 1.54) is 6.42 Å². The number of ether oxygens (including phenoxy) is 1. The molecule has 0 aromatic carbocycles. The first-order valence-corrected chi connectivity index (χ1v) is 11.8. The summed E-state index contributed by atoms with van der Waals surface area (Å²) < 4.78 is 44.3. The van der Waals surface area contributed by atoms with Gasteiger partial charge in [0, 0.05) is 50.0 Å². The Morgan fingerprint density at radius 2 is 2.09 bits per heavy atom. The topological polar surface area (TPSA) is 54.5 Å². The van der Waals surface area contributed by atoms with Crippen molar-refractivity contribution in [2.24, 2.45) is 11.8 Å². The molecule has 0 saturated carbocycles. The number of carbonyl (C=O) groups excluding carboxylic acids is 1. The SMILES string of the molecule is CCC.C[C@H](CCCN[C@H]1CCOC[C@@H]1C)C(=O)N1CCc2ncc(C(F)(F)F)cc2C1. The van der Waals surface area contributed by atoms with Crippen LogP contribution in [0.5, 0.6) is 0 Å². The maximum Gasteiger partial charge on any atom is 0.417 e. The molecule has 1 amide bonds. The van der Waals surface area contributed by atoms with E-state index in [1.54, 1.807) is 4.90 Å². The van der Waals surface area contributed by atoms with Crippen LogP contribution in [0.2, 0.25) is 0 Å². The van der Waals surface area contributed by atoms with E-state index in [1.807, 2.05) is 6.92 Å². The zero-order chi connectivity index (χ0) is 23.7. The highest BCUT2D eigenvalue weighted by Crippen LogP contribution is 2.31. The molecule has 1 fully saturated rings. The fraction of sp³-hybridized carbons (Fsp3) is 0.750. The van der Waals surface area contributed by atoms with Crippen molar-refractivity contribution in [2.45, 2.75) is 78.6 Å². The Morgan fingerprint density at radius 1 is 1.38 bits per heavy atom. The van der Waals surface area contributed by atoms with E-state index in [0.29, 0.717) is 36.2 Å². The minimum absolute atomic E-state index is 0.00694. The summed E-state index contributed by atoms with van der Waals surface area (Å²) in [6.07, 6.45) is 0.864. The molecular formula is C24H38F3N3O2. The summed E-state index contributed by atoms with van der Waals surface area (Å²) in [5, 5.41) is 3.56. The number of alkyl halides is 3. The van der Waals surface area contributed by atoms with Crippen LogP contribution in [0.1, 0.15) is 70.2 Å². The maximum atomic E-state index is 12.9. The number of pyridine rings is 1. The minimum Gasteiger partial charge on any atom is -0.381 e. The summed E-state index contributed by atoms with van der Waals surface area (Å²) in [7, 11) is 0. The quantitative estimate of drug-likeness (QED) is 0.622. The Hall–Kier alpha value is -1.67. The lowest BCUT2D eigenvalue weighted by Crippen LogP contribution is -2.42. The second-order valence-corrected chi connectivity index (χ2v) is 8.99. The fourth-order valence-corrected chi connectivity index (χ4v) is 4.08. The van der Waals surface area contributed by atoms with Gasteiger partial charge in [-0.1, -0.05) is 34.1 Å². The van der Waals surface area contributed by atoms with E-state index < -0.39 is 11.7 Å². The number of hydrogen-bond donors (Lipinski definition) is 1. The number of nitrogens with zero attached hydrogens (tertiary/aromatic N) is 2. The molecule has 0 unspecified atom stereocenters. The van der Waals surface area contributed by atoms with Gasteiger partial charge in [-0.05, 0) is 43.4 Å². The zero-order valence-electron chi connectivity index (χ0n) is 19.8. The van der Waals surface area contributed by atoms with Crippen molar-refractivity contribution >= 4 is 5.91 Å². The van der Waals surface area contributed by atoms with Gasteiger partial charge in [0.05, 0.1) is 12.2 Å². The number of rotatable bonds is 6.